The number of aromatic nitrogens is 1. The first-order chi connectivity index (χ1) is 15.8. The van der Waals surface area contributed by atoms with Crippen LogP contribution in [-0.2, 0) is 19.1 Å². The highest BCUT2D eigenvalue weighted by Gasteiger charge is 2.27. The van der Waals surface area contributed by atoms with E-state index in [1.54, 1.807) is 23.0 Å². The average molecular weight is 458 g/mol. The van der Waals surface area contributed by atoms with E-state index < -0.39 is 0 Å². The zero-order valence-corrected chi connectivity index (χ0v) is 20.2. The largest absolute Gasteiger partial charge is 0.383 e. The Labute approximate surface area is 196 Å². The van der Waals surface area contributed by atoms with Gasteiger partial charge < -0.3 is 23.8 Å². The highest BCUT2D eigenvalue weighted by atomic mass is 16.5. The number of morpholine rings is 1. The number of methoxy groups -OCH3 is 1. The van der Waals surface area contributed by atoms with E-state index >= 15 is 0 Å². The van der Waals surface area contributed by atoms with Gasteiger partial charge in [-0.3, -0.25) is 14.5 Å². The van der Waals surface area contributed by atoms with Gasteiger partial charge in [-0.1, -0.05) is 0 Å². The number of nitriles is 1. The standard InChI is InChI=1S/C24H35N5O4/c1-18-13-21(20(3)29(18)19(2)17-32-4)14-22(15-25)24(31)28-7-5-27(6-8-28)23(30)16-26-9-11-33-12-10-26/h13-14,19H,5-12,16-17H2,1-4H3/b22-14-. The van der Waals surface area contributed by atoms with Crippen LogP contribution in [0.5, 0.6) is 0 Å². The van der Waals surface area contributed by atoms with Crippen molar-refractivity contribution in [3.8, 4) is 6.07 Å². The fourth-order valence-corrected chi connectivity index (χ4v) is 4.62. The van der Waals surface area contributed by atoms with Gasteiger partial charge in [0.1, 0.15) is 11.6 Å². The van der Waals surface area contributed by atoms with Gasteiger partial charge in [0, 0.05) is 57.8 Å². The van der Waals surface area contributed by atoms with E-state index in [-0.39, 0.29) is 23.4 Å². The Morgan fingerprint density at radius 3 is 2.39 bits per heavy atom. The molecular formula is C24H35N5O4. The van der Waals surface area contributed by atoms with Crippen molar-refractivity contribution in [2.45, 2.75) is 26.8 Å². The average Bonchev–Trinajstić information content (AvgIpc) is 3.10. The summed E-state index contributed by atoms with van der Waals surface area (Å²) in [5.74, 6) is -0.204. The van der Waals surface area contributed by atoms with Gasteiger partial charge in [-0.05, 0) is 38.5 Å². The normalized spacial score (nSPS) is 18.8. The lowest BCUT2D eigenvalue weighted by Gasteiger charge is -2.36. The third-order valence-electron chi connectivity index (χ3n) is 6.41. The van der Waals surface area contributed by atoms with Crippen LogP contribution in [0.2, 0.25) is 0 Å². The second-order valence-corrected chi connectivity index (χ2v) is 8.73. The minimum absolute atomic E-state index is 0.0812. The van der Waals surface area contributed by atoms with E-state index in [4.69, 9.17) is 9.47 Å². The molecule has 0 aromatic carbocycles. The van der Waals surface area contributed by atoms with Crippen LogP contribution in [-0.4, -0.2) is 104 Å². The predicted molar refractivity (Wildman–Crippen MR) is 125 cm³/mol. The molecule has 3 heterocycles. The van der Waals surface area contributed by atoms with E-state index in [0.29, 0.717) is 52.5 Å². The molecule has 0 saturated carbocycles. The third-order valence-corrected chi connectivity index (χ3v) is 6.41. The zero-order valence-electron chi connectivity index (χ0n) is 20.2. The van der Waals surface area contributed by atoms with Crippen molar-refractivity contribution in [2.75, 3.05) is 72.7 Å². The second-order valence-electron chi connectivity index (χ2n) is 8.73. The van der Waals surface area contributed by atoms with E-state index in [1.165, 1.54) is 0 Å². The van der Waals surface area contributed by atoms with Crippen LogP contribution in [0.4, 0.5) is 0 Å². The molecule has 0 aliphatic carbocycles. The molecule has 2 aliphatic heterocycles. The number of ether oxygens (including phenoxy) is 2. The number of amides is 2. The Hall–Kier alpha value is -2.67. The van der Waals surface area contributed by atoms with Gasteiger partial charge in [0.2, 0.25) is 5.91 Å². The van der Waals surface area contributed by atoms with E-state index in [0.717, 1.165) is 30.0 Å². The zero-order chi connectivity index (χ0) is 24.0. The summed E-state index contributed by atoms with van der Waals surface area (Å²) in [7, 11) is 1.67. The van der Waals surface area contributed by atoms with E-state index in [2.05, 4.69) is 22.5 Å². The summed E-state index contributed by atoms with van der Waals surface area (Å²) in [4.78, 5) is 31.2. The van der Waals surface area contributed by atoms with Crippen LogP contribution in [0.1, 0.15) is 29.9 Å². The van der Waals surface area contributed by atoms with Gasteiger partial charge in [0.15, 0.2) is 0 Å². The SMILES string of the molecule is COCC(C)n1c(C)cc(/C=C(/C#N)C(=O)N2CCN(C(=O)CN3CCOCC3)CC2)c1C. The summed E-state index contributed by atoms with van der Waals surface area (Å²) >= 11 is 0. The lowest BCUT2D eigenvalue weighted by Crippen LogP contribution is -2.53. The maximum Gasteiger partial charge on any atom is 0.264 e. The Kier molecular flexibility index (Phi) is 8.67. The molecule has 2 saturated heterocycles. The van der Waals surface area contributed by atoms with Crippen molar-refractivity contribution >= 4 is 17.9 Å². The molecule has 3 rings (SSSR count). The number of piperazine rings is 1. The summed E-state index contributed by atoms with van der Waals surface area (Å²) in [5.41, 5.74) is 3.03. The molecule has 0 radical (unpaired) electrons. The maximum atomic E-state index is 13.0. The van der Waals surface area contributed by atoms with Crippen molar-refractivity contribution < 1.29 is 19.1 Å². The van der Waals surface area contributed by atoms with Crippen molar-refractivity contribution in [3.05, 3.63) is 28.6 Å². The lowest BCUT2D eigenvalue weighted by atomic mass is 10.1. The third kappa shape index (κ3) is 6.02. The van der Waals surface area contributed by atoms with Gasteiger partial charge in [-0.15, -0.1) is 0 Å². The molecule has 9 heteroatoms. The highest BCUT2D eigenvalue weighted by Crippen LogP contribution is 2.23. The van der Waals surface area contributed by atoms with Crippen molar-refractivity contribution in [1.82, 2.24) is 19.3 Å². The number of carbonyl (C=O) groups is 2. The Morgan fingerprint density at radius 2 is 1.79 bits per heavy atom. The van der Waals surface area contributed by atoms with Crippen molar-refractivity contribution in [3.63, 3.8) is 0 Å². The minimum atomic E-state index is -0.285. The lowest BCUT2D eigenvalue weighted by molar-refractivity contribution is -0.139. The van der Waals surface area contributed by atoms with Gasteiger partial charge in [0.05, 0.1) is 32.4 Å². The molecule has 2 aliphatic rings. The Balaban J connectivity index is 1.62. The maximum absolute atomic E-state index is 13.0. The van der Waals surface area contributed by atoms with Crippen LogP contribution >= 0.6 is 0 Å². The first kappa shape index (κ1) is 25.0. The number of carbonyl (C=O) groups excluding carboxylic acids is 2. The minimum Gasteiger partial charge on any atom is -0.383 e. The monoisotopic (exact) mass is 457 g/mol. The second kappa shape index (κ2) is 11.5. The predicted octanol–water partition coefficient (Wildman–Crippen LogP) is 1.22. The van der Waals surface area contributed by atoms with Crippen molar-refractivity contribution in [2.24, 2.45) is 0 Å². The molecular weight excluding hydrogens is 422 g/mol. The number of hydrogen-bond acceptors (Lipinski definition) is 6. The number of hydrogen-bond donors (Lipinski definition) is 0. The van der Waals surface area contributed by atoms with Gasteiger partial charge in [-0.2, -0.15) is 5.26 Å². The molecule has 2 amide bonds. The summed E-state index contributed by atoms with van der Waals surface area (Å²) in [5, 5.41) is 9.70. The van der Waals surface area contributed by atoms with Crippen LogP contribution < -0.4 is 0 Å². The molecule has 0 bridgehead atoms. The Bertz CT molecular complexity index is 918. The smallest absolute Gasteiger partial charge is 0.264 e. The quantitative estimate of drug-likeness (QED) is 0.452. The van der Waals surface area contributed by atoms with Crippen LogP contribution in [0.15, 0.2) is 11.6 Å². The molecule has 1 aromatic rings. The fourth-order valence-electron chi connectivity index (χ4n) is 4.62. The van der Waals surface area contributed by atoms with Gasteiger partial charge >= 0.3 is 0 Å². The first-order valence-corrected chi connectivity index (χ1v) is 11.5. The first-order valence-electron chi connectivity index (χ1n) is 11.5. The molecule has 0 spiro atoms. The van der Waals surface area contributed by atoms with Crippen LogP contribution in [0, 0.1) is 25.2 Å². The summed E-state index contributed by atoms with van der Waals surface area (Å²) in [6.07, 6.45) is 1.68. The van der Waals surface area contributed by atoms with Crippen LogP contribution in [0.3, 0.4) is 0 Å². The summed E-state index contributed by atoms with van der Waals surface area (Å²) in [6.45, 7) is 11.7. The van der Waals surface area contributed by atoms with Gasteiger partial charge in [-0.25, -0.2) is 0 Å². The molecule has 9 nitrogen and oxygen atoms in total. The Morgan fingerprint density at radius 1 is 1.15 bits per heavy atom. The number of rotatable bonds is 7. The summed E-state index contributed by atoms with van der Waals surface area (Å²) in [6, 6.07) is 4.23. The van der Waals surface area contributed by atoms with Gasteiger partial charge in [0.25, 0.3) is 5.91 Å². The van der Waals surface area contributed by atoms with Crippen LogP contribution in [0.25, 0.3) is 6.08 Å². The van der Waals surface area contributed by atoms with Crippen molar-refractivity contribution in [1.29, 1.82) is 5.26 Å². The summed E-state index contributed by atoms with van der Waals surface area (Å²) < 4.78 is 12.8. The molecule has 180 valence electrons. The number of aryl methyl sites for hydroxylation is 1. The number of nitrogens with zero attached hydrogens (tertiary/aromatic N) is 5. The molecule has 2 fully saturated rings. The molecule has 33 heavy (non-hydrogen) atoms. The molecule has 0 N–H and O–H groups in total. The molecule has 1 atom stereocenters. The molecule has 1 unspecified atom stereocenters. The fraction of sp³-hybridized carbons (Fsp3) is 0.625. The van der Waals surface area contributed by atoms with E-state index in [9.17, 15) is 14.9 Å². The van der Waals surface area contributed by atoms with E-state index in [1.807, 2.05) is 19.9 Å². The molecule has 1 aromatic heterocycles. The highest BCUT2D eigenvalue weighted by molar-refractivity contribution is 6.02. The topological polar surface area (TPSA) is 91.0 Å².